The van der Waals surface area contributed by atoms with Crippen LogP contribution in [0.5, 0.6) is 0 Å². The van der Waals surface area contributed by atoms with Crippen molar-refractivity contribution in [3.8, 4) is 0 Å². The monoisotopic (exact) mass is 319 g/mol. The molecule has 1 aromatic rings. The molecular formula is C11H19CuGeP+. The van der Waals surface area contributed by atoms with Crippen molar-refractivity contribution in [2.24, 2.45) is 0 Å². The molecule has 1 aromatic carbocycles. The van der Waals surface area contributed by atoms with Crippen LogP contribution in [-0.2, 0) is 21.3 Å². The van der Waals surface area contributed by atoms with E-state index in [-0.39, 0.29) is 25.0 Å². The zero-order valence-electron chi connectivity index (χ0n) is 9.32. The second-order valence-electron chi connectivity index (χ2n) is 4.43. The maximum atomic E-state index is 2.37. The first-order valence-corrected chi connectivity index (χ1v) is 8.66. The van der Waals surface area contributed by atoms with E-state index in [1.807, 2.05) is 0 Å². The Morgan fingerprint density at radius 1 is 1.14 bits per heavy atom. The zero-order valence-corrected chi connectivity index (χ0v) is 14.2. The van der Waals surface area contributed by atoms with Gasteiger partial charge in [-0.3, -0.25) is 0 Å². The van der Waals surface area contributed by atoms with E-state index in [1.165, 1.54) is 16.5 Å². The van der Waals surface area contributed by atoms with Gasteiger partial charge in [0.2, 0.25) is 0 Å². The molecule has 0 saturated carbocycles. The molecule has 0 amide bonds. The molecule has 0 nitrogen and oxygen atoms in total. The van der Waals surface area contributed by atoms with Gasteiger partial charge in [-0.25, -0.2) is 0 Å². The fourth-order valence-corrected chi connectivity index (χ4v) is 3.92. The van der Waals surface area contributed by atoms with Crippen molar-refractivity contribution in [3.63, 3.8) is 0 Å². The smallest absolute Gasteiger partial charge is 0 e. The van der Waals surface area contributed by atoms with Crippen molar-refractivity contribution in [2.75, 3.05) is 13.3 Å². The summed E-state index contributed by atoms with van der Waals surface area (Å²) in [7, 11) is -0.304. The Bertz CT molecular complexity index is 292. The molecule has 14 heavy (non-hydrogen) atoms. The van der Waals surface area contributed by atoms with E-state index >= 15 is 0 Å². The molecule has 0 heterocycles. The van der Waals surface area contributed by atoms with Crippen molar-refractivity contribution in [1.29, 1.82) is 0 Å². The van der Waals surface area contributed by atoms with Crippen LogP contribution in [0.15, 0.2) is 24.3 Å². The van der Waals surface area contributed by atoms with Gasteiger partial charge >= 0.3 is 91.0 Å². The van der Waals surface area contributed by atoms with E-state index in [2.05, 4.69) is 51.4 Å². The molecule has 0 unspecified atom stereocenters. The van der Waals surface area contributed by atoms with E-state index in [9.17, 15) is 0 Å². The van der Waals surface area contributed by atoms with Gasteiger partial charge in [0.05, 0.1) is 0 Å². The third kappa shape index (κ3) is 3.70. The van der Waals surface area contributed by atoms with Crippen molar-refractivity contribution >= 4 is 29.7 Å². The Balaban J connectivity index is 0.00000169. The summed E-state index contributed by atoms with van der Waals surface area (Å²) in [6, 6.07) is 8.95. The predicted molar refractivity (Wildman–Crippen MR) is 67.8 cm³/mol. The normalized spacial score (nSPS) is 11.3. The minimum Gasteiger partial charge on any atom is 0 e. The Labute approximate surface area is 108 Å². The first-order valence-electron chi connectivity index (χ1n) is 4.68. The summed E-state index contributed by atoms with van der Waals surface area (Å²) in [4.78, 5) is 0. The van der Waals surface area contributed by atoms with Crippen LogP contribution in [0.25, 0.3) is 0 Å². The summed E-state index contributed by atoms with van der Waals surface area (Å²) < 4.78 is 0.415. The van der Waals surface area contributed by atoms with Gasteiger partial charge < -0.3 is 0 Å². The molecule has 0 aliphatic rings. The number of hydrogen-bond donors (Lipinski definition) is 0. The molecule has 2 radical (unpaired) electrons. The molecule has 3 heteroatoms. The fourth-order valence-electron chi connectivity index (χ4n) is 1.51. The Morgan fingerprint density at radius 3 is 2.00 bits per heavy atom. The summed E-state index contributed by atoms with van der Waals surface area (Å²) in [5.41, 5.74) is 1.58. The van der Waals surface area contributed by atoms with Gasteiger partial charge in [-0.05, 0) is 0 Å². The number of benzene rings is 1. The summed E-state index contributed by atoms with van der Waals surface area (Å²) >= 11 is 1.33. The predicted octanol–water partition coefficient (Wildman–Crippen LogP) is 1.65. The van der Waals surface area contributed by atoms with Crippen LogP contribution in [0.2, 0.25) is 0 Å². The zero-order chi connectivity index (χ0) is 10.1. The van der Waals surface area contributed by atoms with Crippen LogP contribution >= 0.6 is 7.92 Å². The molecule has 0 aliphatic carbocycles. The minimum atomic E-state index is -0.304. The van der Waals surface area contributed by atoms with E-state index in [4.69, 9.17) is 0 Å². The van der Waals surface area contributed by atoms with Crippen molar-refractivity contribution in [3.05, 3.63) is 29.8 Å². The second-order valence-corrected chi connectivity index (χ2v) is 10.7. The fraction of sp³-hybridized carbons (Fsp3) is 0.455. The molecule has 82 valence electrons. The molecule has 0 aliphatic heterocycles. The number of rotatable bonds is 2. The average Bonchev–Trinajstić information content (AvgIpc) is 2.03. The van der Waals surface area contributed by atoms with Gasteiger partial charge in [0.1, 0.15) is 0 Å². The first kappa shape index (κ1) is 14.7. The molecule has 0 bridgehead atoms. The molecule has 0 atom stereocenters. The molecule has 1 rings (SSSR count). The van der Waals surface area contributed by atoms with Crippen LogP contribution in [0.4, 0.5) is 0 Å². The SMILES string of the molecule is C[PH+](C)c1ccccc1[C](C)(C)[GeH2].[Cu]. The molecule has 0 fully saturated rings. The van der Waals surface area contributed by atoms with Gasteiger partial charge in [0.15, 0.2) is 0 Å². The number of hydrogen-bond acceptors (Lipinski definition) is 0. The van der Waals surface area contributed by atoms with Gasteiger partial charge in [-0.1, -0.05) is 0 Å². The molecular weight excluding hydrogens is 299 g/mol. The van der Waals surface area contributed by atoms with Crippen molar-refractivity contribution in [2.45, 2.75) is 18.1 Å². The third-order valence-corrected chi connectivity index (χ3v) is 4.51. The second kappa shape index (κ2) is 5.70. The third-order valence-electron chi connectivity index (χ3n) is 2.19. The maximum Gasteiger partial charge on any atom is 0 e. The summed E-state index contributed by atoms with van der Waals surface area (Å²) in [5, 5.41) is 1.61. The van der Waals surface area contributed by atoms with Crippen LogP contribution in [0.3, 0.4) is 0 Å². The van der Waals surface area contributed by atoms with E-state index < -0.39 is 0 Å². The maximum absolute atomic E-state index is 2.37. The van der Waals surface area contributed by atoms with Crippen molar-refractivity contribution < 1.29 is 17.1 Å². The van der Waals surface area contributed by atoms with Crippen LogP contribution in [0, 0.1) is 0 Å². The molecule has 0 saturated heterocycles. The Hall–Kier alpha value is 0.712. The quantitative estimate of drug-likeness (QED) is 0.575. The topological polar surface area (TPSA) is 0 Å². The van der Waals surface area contributed by atoms with Gasteiger partial charge in [-0.2, -0.15) is 0 Å². The van der Waals surface area contributed by atoms with E-state index in [1.54, 1.807) is 10.9 Å². The van der Waals surface area contributed by atoms with Gasteiger partial charge in [-0.15, -0.1) is 0 Å². The summed E-state index contributed by atoms with van der Waals surface area (Å²) in [6.07, 6.45) is 0. The summed E-state index contributed by atoms with van der Waals surface area (Å²) in [6.45, 7) is 9.43. The average molecular weight is 318 g/mol. The van der Waals surface area contributed by atoms with Gasteiger partial charge in [0.25, 0.3) is 0 Å². The van der Waals surface area contributed by atoms with E-state index in [0.717, 1.165) is 0 Å². The van der Waals surface area contributed by atoms with Crippen molar-refractivity contribution in [1.82, 2.24) is 0 Å². The standard InChI is InChI=1S/C11H18GeP.Cu/c1-11(2,12)9-7-5-6-8-10(9)13(3)4;/h5-8H,12H2,1-4H3;/p+1. The van der Waals surface area contributed by atoms with Gasteiger partial charge in [0, 0.05) is 17.1 Å². The van der Waals surface area contributed by atoms with Crippen LogP contribution in [-0.4, -0.2) is 29.8 Å². The Kier molecular flexibility index (Phi) is 5.99. The molecule has 0 spiro atoms. The first-order chi connectivity index (χ1) is 5.93. The van der Waals surface area contributed by atoms with Crippen LogP contribution < -0.4 is 5.30 Å². The Morgan fingerprint density at radius 2 is 1.64 bits per heavy atom. The van der Waals surface area contributed by atoms with Crippen LogP contribution in [0.1, 0.15) is 19.4 Å². The molecule has 0 aromatic heterocycles. The largest absolute Gasteiger partial charge is 0 e. The summed E-state index contributed by atoms with van der Waals surface area (Å²) in [5.74, 6) is 0. The van der Waals surface area contributed by atoms with E-state index in [0.29, 0.717) is 4.25 Å². The minimum absolute atomic E-state index is 0. The molecule has 0 N–H and O–H groups in total.